The largest absolute Gasteiger partial charge is 0.493 e. The van der Waals surface area contributed by atoms with Crippen LogP contribution in [0.2, 0.25) is 0 Å². The summed E-state index contributed by atoms with van der Waals surface area (Å²) in [6.45, 7) is 4.88. The van der Waals surface area contributed by atoms with E-state index in [1.165, 1.54) is 0 Å². The van der Waals surface area contributed by atoms with Crippen molar-refractivity contribution in [2.24, 2.45) is 0 Å². The zero-order valence-electron chi connectivity index (χ0n) is 16.4. The summed E-state index contributed by atoms with van der Waals surface area (Å²) in [5.41, 5.74) is 0. The molecule has 1 aromatic heterocycles. The molecule has 1 aliphatic heterocycles. The van der Waals surface area contributed by atoms with Crippen LogP contribution in [0, 0.1) is 0 Å². The van der Waals surface area contributed by atoms with Crippen LogP contribution in [0.15, 0.2) is 42.5 Å². The molecule has 0 bridgehead atoms. The fourth-order valence-corrected chi connectivity index (χ4v) is 2.88. The molecule has 1 aliphatic rings. The molecular formula is C20H25N5O4. The van der Waals surface area contributed by atoms with E-state index in [1.54, 1.807) is 17.9 Å². The molecule has 0 atom stereocenters. The first-order chi connectivity index (χ1) is 14.2. The number of amides is 2. The van der Waals surface area contributed by atoms with Crippen LogP contribution in [0.4, 0.5) is 16.4 Å². The SMILES string of the molecule is CCOC(=O)N1CCN(c2ccc(NC(=O)CCOc3ccccc3)nn2)CC1. The number of carbonyl (C=O) groups is 2. The summed E-state index contributed by atoms with van der Waals surface area (Å²) >= 11 is 0. The van der Waals surface area contributed by atoms with E-state index in [-0.39, 0.29) is 25.0 Å². The summed E-state index contributed by atoms with van der Waals surface area (Å²) in [4.78, 5) is 27.5. The molecule has 0 unspecified atom stereocenters. The first-order valence-electron chi connectivity index (χ1n) is 9.64. The van der Waals surface area contributed by atoms with Crippen molar-refractivity contribution in [3.8, 4) is 5.75 Å². The van der Waals surface area contributed by atoms with Crippen LogP contribution in [0.1, 0.15) is 13.3 Å². The van der Waals surface area contributed by atoms with Crippen molar-refractivity contribution in [3.05, 3.63) is 42.5 Å². The Morgan fingerprint density at radius 2 is 1.79 bits per heavy atom. The predicted molar refractivity (Wildman–Crippen MR) is 108 cm³/mol. The Balaban J connectivity index is 1.42. The lowest BCUT2D eigenvalue weighted by Gasteiger charge is -2.34. The second-order valence-electron chi connectivity index (χ2n) is 6.41. The van der Waals surface area contributed by atoms with Gasteiger partial charge in [0.15, 0.2) is 11.6 Å². The molecular weight excluding hydrogens is 374 g/mol. The maximum absolute atomic E-state index is 12.0. The quantitative estimate of drug-likeness (QED) is 0.762. The maximum Gasteiger partial charge on any atom is 0.409 e. The number of para-hydroxylation sites is 1. The van der Waals surface area contributed by atoms with Gasteiger partial charge in [-0.25, -0.2) is 4.79 Å². The molecule has 0 radical (unpaired) electrons. The number of benzene rings is 1. The third kappa shape index (κ3) is 6.06. The fourth-order valence-electron chi connectivity index (χ4n) is 2.88. The van der Waals surface area contributed by atoms with Gasteiger partial charge in [0.05, 0.1) is 19.6 Å². The zero-order valence-corrected chi connectivity index (χ0v) is 16.4. The molecule has 1 aromatic carbocycles. The Bertz CT molecular complexity index is 792. The lowest BCUT2D eigenvalue weighted by atomic mass is 10.3. The van der Waals surface area contributed by atoms with Crippen LogP contribution in [0.5, 0.6) is 5.75 Å². The lowest BCUT2D eigenvalue weighted by Crippen LogP contribution is -2.49. The molecule has 2 aromatic rings. The molecule has 29 heavy (non-hydrogen) atoms. The Morgan fingerprint density at radius 3 is 2.45 bits per heavy atom. The highest BCUT2D eigenvalue weighted by atomic mass is 16.6. The second kappa shape index (κ2) is 10.3. The maximum atomic E-state index is 12.0. The number of hydrogen-bond donors (Lipinski definition) is 1. The van der Waals surface area contributed by atoms with Crippen LogP contribution in [0.3, 0.4) is 0 Å². The minimum Gasteiger partial charge on any atom is -0.493 e. The van der Waals surface area contributed by atoms with Gasteiger partial charge < -0.3 is 24.6 Å². The standard InChI is InChI=1S/C20H25N5O4/c1-2-28-20(27)25-13-11-24(12-14-25)18-9-8-17(22-23-18)21-19(26)10-15-29-16-6-4-3-5-7-16/h3-9H,2,10-15H2,1H3,(H,21,22,26). The summed E-state index contributed by atoms with van der Waals surface area (Å²) < 4.78 is 10.5. The number of hydrogen-bond acceptors (Lipinski definition) is 7. The fraction of sp³-hybridized carbons (Fsp3) is 0.400. The van der Waals surface area contributed by atoms with Crippen molar-refractivity contribution < 1.29 is 19.1 Å². The van der Waals surface area contributed by atoms with E-state index in [0.717, 1.165) is 5.75 Å². The number of anilines is 2. The van der Waals surface area contributed by atoms with Gasteiger partial charge in [0.1, 0.15) is 5.75 Å². The zero-order chi connectivity index (χ0) is 20.5. The molecule has 1 fully saturated rings. The summed E-state index contributed by atoms with van der Waals surface area (Å²) in [5, 5.41) is 11.0. The van der Waals surface area contributed by atoms with Gasteiger partial charge in [-0.05, 0) is 31.2 Å². The van der Waals surface area contributed by atoms with Gasteiger partial charge >= 0.3 is 6.09 Å². The Labute approximate surface area is 169 Å². The molecule has 9 nitrogen and oxygen atoms in total. The van der Waals surface area contributed by atoms with Gasteiger partial charge in [0.2, 0.25) is 5.91 Å². The summed E-state index contributed by atoms with van der Waals surface area (Å²) in [6.07, 6.45) is -0.0683. The van der Waals surface area contributed by atoms with E-state index in [2.05, 4.69) is 15.5 Å². The first-order valence-corrected chi connectivity index (χ1v) is 9.64. The minimum absolute atomic E-state index is 0.189. The molecule has 2 amide bonds. The van der Waals surface area contributed by atoms with Gasteiger partial charge in [-0.2, -0.15) is 0 Å². The molecule has 1 saturated heterocycles. The molecule has 0 spiro atoms. The number of nitrogens with one attached hydrogen (secondary N) is 1. The van der Waals surface area contributed by atoms with E-state index in [9.17, 15) is 9.59 Å². The van der Waals surface area contributed by atoms with E-state index in [4.69, 9.17) is 9.47 Å². The van der Waals surface area contributed by atoms with Crippen molar-refractivity contribution in [3.63, 3.8) is 0 Å². The minimum atomic E-state index is -0.285. The monoisotopic (exact) mass is 399 g/mol. The van der Waals surface area contributed by atoms with Crippen LogP contribution in [0.25, 0.3) is 0 Å². The predicted octanol–water partition coefficient (Wildman–Crippen LogP) is 2.16. The number of carbonyl (C=O) groups excluding carboxylic acids is 2. The summed E-state index contributed by atoms with van der Waals surface area (Å²) in [5.74, 6) is 1.64. The molecule has 154 valence electrons. The Kier molecular flexibility index (Phi) is 7.21. The highest BCUT2D eigenvalue weighted by molar-refractivity contribution is 5.89. The first kappa shape index (κ1) is 20.4. The van der Waals surface area contributed by atoms with Crippen molar-refractivity contribution in [1.82, 2.24) is 15.1 Å². The van der Waals surface area contributed by atoms with E-state index < -0.39 is 0 Å². The van der Waals surface area contributed by atoms with Gasteiger partial charge in [-0.15, -0.1) is 10.2 Å². The molecule has 0 saturated carbocycles. The second-order valence-corrected chi connectivity index (χ2v) is 6.41. The number of aromatic nitrogens is 2. The number of rotatable bonds is 7. The lowest BCUT2D eigenvalue weighted by molar-refractivity contribution is -0.116. The van der Waals surface area contributed by atoms with Crippen LogP contribution in [-0.2, 0) is 9.53 Å². The van der Waals surface area contributed by atoms with Crippen molar-refractivity contribution >= 4 is 23.6 Å². The molecule has 0 aliphatic carbocycles. The van der Waals surface area contributed by atoms with Crippen LogP contribution in [-0.4, -0.2) is 66.5 Å². The highest BCUT2D eigenvalue weighted by Crippen LogP contribution is 2.15. The number of ether oxygens (including phenoxy) is 2. The smallest absolute Gasteiger partial charge is 0.409 e. The van der Waals surface area contributed by atoms with Gasteiger partial charge in [0.25, 0.3) is 0 Å². The third-order valence-corrected chi connectivity index (χ3v) is 4.39. The van der Waals surface area contributed by atoms with E-state index in [0.29, 0.717) is 44.4 Å². The van der Waals surface area contributed by atoms with Crippen molar-refractivity contribution in [2.75, 3.05) is 49.6 Å². The van der Waals surface area contributed by atoms with Crippen LogP contribution >= 0.6 is 0 Å². The van der Waals surface area contributed by atoms with E-state index in [1.807, 2.05) is 41.3 Å². The van der Waals surface area contributed by atoms with Crippen molar-refractivity contribution in [1.29, 1.82) is 0 Å². The number of nitrogens with zero attached hydrogens (tertiary/aromatic N) is 4. The van der Waals surface area contributed by atoms with Crippen molar-refractivity contribution in [2.45, 2.75) is 13.3 Å². The van der Waals surface area contributed by atoms with Gasteiger partial charge in [-0.3, -0.25) is 4.79 Å². The summed E-state index contributed by atoms with van der Waals surface area (Å²) in [6, 6.07) is 12.9. The Hall–Kier alpha value is -3.36. The molecule has 3 rings (SSSR count). The molecule has 2 heterocycles. The average molecular weight is 399 g/mol. The Morgan fingerprint density at radius 1 is 1.03 bits per heavy atom. The molecule has 9 heteroatoms. The number of piperazine rings is 1. The highest BCUT2D eigenvalue weighted by Gasteiger charge is 2.22. The van der Waals surface area contributed by atoms with Gasteiger partial charge in [0, 0.05) is 26.2 Å². The van der Waals surface area contributed by atoms with E-state index >= 15 is 0 Å². The average Bonchev–Trinajstić information content (AvgIpc) is 2.75. The molecule has 1 N–H and O–H groups in total. The van der Waals surface area contributed by atoms with Gasteiger partial charge in [-0.1, -0.05) is 18.2 Å². The van der Waals surface area contributed by atoms with Crippen LogP contribution < -0.4 is 15.0 Å². The third-order valence-electron chi connectivity index (χ3n) is 4.39. The normalized spacial score (nSPS) is 13.7. The summed E-state index contributed by atoms with van der Waals surface area (Å²) in [7, 11) is 0. The topological polar surface area (TPSA) is 96.9 Å².